The molecule has 0 atom stereocenters. The van der Waals surface area contributed by atoms with Crippen molar-refractivity contribution in [3.8, 4) is 6.07 Å². The van der Waals surface area contributed by atoms with Crippen LogP contribution in [-0.4, -0.2) is 4.99 Å². The average molecular weight is 256 g/mol. The first-order valence-electron chi connectivity index (χ1n) is 4.16. The second kappa shape index (κ2) is 5.45. The summed E-state index contributed by atoms with van der Waals surface area (Å²) in [6.45, 7) is 0. The molecule has 0 aliphatic carbocycles. The third-order valence-electron chi connectivity index (χ3n) is 1.69. The molecule has 0 saturated carbocycles. The van der Waals surface area contributed by atoms with Crippen molar-refractivity contribution in [3.63, 3.8) is 0 Å². The smallest absolute Gasteiger partial charge is 0.141 e. The fourth-order valence-corrected chi connectivity index (χ4v) is 1.19. The topological polar surface area (TPSA) is 61.8 Å². The van der Waals surface area contributed by atoms with E-state index in [4.69, 9.17) is 22.6 Å². The number of rotatable bonds is 3. The number of thiocarbonyl (C=S) groups is 1. The van der Waals surface area contributed by atoms with Gasteiger partial charge in [-0.25, -0.2) is 4.39 Å². The number of nitrogens with zero attached hydrogens (tertiary/aromatic N) is 1. The Morgan fingerprint density at radius 1 is 1.62 bits per heavy atom. The SMILES string of the molecule is N#CC(=CNc1ccc(F)c(Cl)c1)C(N)=S. The Morgan fingerprint density at radius 2 is 2.31 bits per heavy atom. The number of nitrogens with one attached hydrogen (secondary N) is 1. The van der Waals surface area contributed by atoms with Crippen LogP contribution in [0.3, 0.4) is 0 Å². The van der Waals surface area contributed by atoms with E-state index in [0.717, 1.165) is 0 Å². The van der Waals surface area contributed by atoms with Crippen molar-refractivity contribution >= 4 is 34.5 Å². The van der Waals surface area contributed by atoms with Gasteiger partial charge >= 0.3 is 0 Å². The Morgan fingerprint density at radius 3 is 2.81 bits per heavy atom. The Labute approximate surface area is 102 Å². The van der Waals surface area contributed by atoms with Crippen molar-refractivity contribution in [2.45, 2.75) is 0 Å². The molecule has 0 aliphatic rings. The molecule has 16 heavy (non-hydrogen) atoms. The molecule has 0 aromatic heterocycles. The Balaban J connectivity index is 2.86. The minimum atomic E-state index is -0.508. The molecule has 1 aromatic rings. The van der Waals surface area contributed by atoms with Crippen molar-refractivity contribution in [2.24, 2.45) is 5.73 Å². The fraction of sp³-hybridized carbons (Fsp3) is 0. The summed E-state index contributed by atoms with van der Waals surface area (Å²) in [6, 6.07) is 5.91. The van der Waals surface area contributed by atoms with E-state index in [1.165, 1.54) is 24.4 Å². The van der Waals surface area contributed by atoms with Crippen LogP contribution in [0.2, 0.25) is 5.02 Å². The van der Waals surface area contributed by atoms with Crippen molar-refractivity contribution < 1.29 is 4.39 Å². The summed E-state index contributed by atoms with van der Waals surface area (Å²) in [5.41, 5.74) is 5.95. The van der Waals surface area contributed by atoms with Crippen molar-refractivity contribution in [3.05, 3.63) is 40.8 Å². The largest absolute Gasteiger partial charge is 0.389 e. The van der Waals surface area contributed by atoms with E-state index in [-0.39, 0.29) is 15.6 Å². The lowest BCUT2D eigenvalue weighted by Crippen LogP contribution is -2.11. The summed E-state index contributed by atoms with van der Waals surface area (Å²) in [5, 5.41) is 11.4. The van der Waals surface area contributed by atoms with Gasteiger partial charge in [0.1, 0.15) is 22.4 Å². The maximum atomic E-state index is 12.8. The molecule has 6 heteroatoms. The van der Waals surface area contributed by atoms with Gasteiger partial charge in [-0.3, -0.25) is 0 Å². The lowest BCUT2D eigenvalue weighted by atomic mass is 10.3. The number of hydrogen-bond donors (Lipinski definition) is 2. The highest BCUT2D eigenvalue weighted by molar-refractivity contribution is 7.80. The molecule has 0 amide bonds. The molecule has 1 aromatic carbocycles. The molecule has 0 aliphatic heterocycles. The molecule has 0 fully saturated rings. The first kappa shape index (κ1) is 12.4. The van der Waals surface area contributed by atoms with Gasteiger partial charge in [-0.05, 0) is 18.2 Å². The van der Waals surface area contributed by atoms with E-state index in [9.17, 15) is 4.39 Å². The van der Waals surface area contributed by atoms with Crippen LogP contribution < -0.4 is 11.1 Å². The summed E-state index contributed by atoms with van der Waals surface area (Å²) < 4.78 is 12.8. The quantitative estimate of drug-likeness (QED) is 0.495. The van der Waals surface area contributed by atoms with Crippen LogP contribution in [-0.2, 0) is 0 Å². The van der Waals surface area contributed by atoms with E-state index in [0.29, 0.717) is 5.69 Å². The molecular weight excluding hydrogens is 249 g/mol. The van der Waals surface area contributed by atoms with E-state index in [1.54, 1.807) is 0 Å². The maximum absolute atomic E-state index is 12.8. The number of nitrogens with two attached hydrogens (primary N) is 1. The second-order valence-electron chi connectivity index (χ2n) is 2.81. The molecule has 0 saturated heterocycles. The monoisotopic (exact) mass is 255 g/mol. The van der Waals surface area contributed by atoms with Gasteiger partial charge in [-0.15, -0.1) is 0 Å². The number of anilines is 1. The Bertz CT molecular complexity index is 493. The zero-order chi connectivity index (χ0) is 12.1. The van der Waals surface area contributed by atoms with Crippen LogP contribution in [0.1, 0.15) is 0 Å². The number of nitriles is 1. The first-order valence-corrected chi connectivity index (χ1v) is 4.95. The van der Waals surface area contributed by atoms with Crippen molar-refractivity contribution in [1.82, 2.24) is 0 Å². The van der Waals surface area contributed by atoms with Gasteiger partial charge < -0.3 is 11.1 Å². The lowest BCUT2D eigenvalue weighted by Gasteiger charge is -2.02. The second-order valence-corrected chi connectivity index (χ2v) is 3.65. The number of halogens is 2. The Hall–Kier alpha value is -1.64. The van der Waals surface area contributed by atoms with Crippen LogP contribution >= 0.6 is 23.8 Å². The van der Waals surface area contributed by atoms with Gasteiger partial charge in [-0.1, -0.05) is 23.8 Å². The predicted octanol–water partition coefficient (Wildman–Crippen LogP) is 2.58. The molecular formula is C10H7ClFN3S. The third kappa shape index (κ3) is 3.19. The van der Waals surface area contributed by atoms with Crippen LogP contribution in [0.15, 0.2) is 30.0 Å². The average Bonchev–Trinajstić information content (AvgIpc) is 2.23. The van der Waals surface area contributed by atoms with Crippen LogP contribution in [0.5, 0.6) is 0 Å². The van der Waals surface area contributed by atoms with Gasteiger partial charge in [0.05, 0.1) is 5.02 Å². The van der Waals surface area contributed by atoms with Crippen LogP contribution in [0.4, 0.5) is 10.1 Å². The fourth-order valence-electron chi connectivity index (χ4n) is 0.900. The normalized spacial score (nSPS) is 10.7. The molecule has 0 heterocycles. The minimum Gasteiger partial charge on any atom is -0.389 e. The van der Waals surface area contributed by atoms with Gasteiger partial charge in [0.2, 0.25) is 0 Å². The van der Waals surface area contributed by atoms with Crippen molar-refractivity contribution in [1.29, 1.82) is 5.26 Å². The highest BCUT2D eigenvalue weighted by atomic mass is 35.5. The van der Waals surface area contributed by atoms with Crippen molar-refractivity contribution in [2.75, 3.05) is 5.32 Å². The summed E-state index contributed by atoms with van der Waals surface area (Å²) in [6.07, 6.45) is 1.34. The van der Waals surface area contributed by atoms with Crippen LogP contribution in [0, 0.1) is 17.1 Å². The summed E-state index contributed by atoms with van der Waals surface area (Å²) in [7, 11) is 0. The molecule has 3 N–H and O–H groups in total. The van der Waals surface area contributed by atoms with E-state index >= 15 is 0 Å². The van der Waals surface area contributed by atoms with Crippen LogP contribution in [0.25, 0.3) is 0 Å². The molecule has 0 bridgehead atoms. The Kier molecular flexibility index (Phi) is 4.23. The van der Waals surface area contributed by atoms with E-state index in [2.05, 4.69) is 17.5 Å². The minimum absolute atomic E-state index is 0.00719. The highest BCUT2D eigenvalue weighted by Gasteiger charge is 2.01. The van der Waals surface area contributed by atoms with Gasteiger partial charge in [-0.2, -0.15) is 5.26 Å². The summed E-state index contributed by atoms with van der Waals surface area (Å²) in [4.78, 5) is -0.0109. The summed E-state index contributed by atoms with van der Waals surface area (Å²) >= 11 is 10.2. The van der Waals surface area contributed by atoms with Gasteiger partial charge in [0.25, 0.3) is 0 Å². The molecule has 1 rings (SSSR count). The third-order valence-corrected chi connectivity index (χ3v) is 2.20. The maximum Gasteiger partial charge on any atom is 0.141 e. The van der Waals surface area contributed by atoms with Gasteiger partial charge in [0.15, 0.2) is 0 Å². The molecule has 3 nitrogen and oxygen atoms in total. The number of hydrogen-bond acceptors (Lipinski definition) is 3. The lowest BCUT2D eigenvalue weighted by molar-refractivity contribution is 0.628. The van der Waals surface area contributed by atoms with E-state index in [1.807, 2.05) is 6.07 Å². The standard InChI is InChI=1S/C10H7ClFN3S/c11-8-3-7(1-2-9(8)12)15-5-6(4-13)10(14)16/h1-3,5,15H,(H2,14,16). The first-order chi connectivity index (χ1) is 7.54. The predicted molar refractivity (Wildman–Crippen MR) is 65.5 cm³/mol. The summed E-state index contributed by atoms with van der Waals surface area (Å²) in [5.74, 6) is -0.508. The van der Waals surface area contributed by atoms with Gasteiger partial charge in [0, 0.05) is 11.9 Å². The molecule has 0 spiro atoms. The molecule has 0 unspecified atom stereocenters. The zero-order valence-corrected chi connectivity index (χ0v) is 9.57. The highest BCUT2D eigenvalue weighted by Crippen LogP contribution is 2.19. The molecule has 0 radical (unpaired) electrons. The number of benzene rings is 1. The zero-order valence-electron chi connectivity index (χ0n) is 8.00. The van der Waals surface area contributed by atoms with E-state index < -0.39 is 5.82 Å². The molecule has 82 valence electrons.